The van der Waals surface area contributed by atoms with Crippen LogP contribution in [0.25, 0.3) is 75.5 Å². The van der Waals surface area contributed by atoms with Crippen molar-refractivity contribution in [1.29, 1.82) is 0 Å². The van der Waals surface area contributed by atoms with Crippen LogP contribution in [-0.2, 0) is 0 Å². The third-order valence-electron chi connectivity index (χ3n) is 8.09. The first kappa shape index (κ1) is 26.6. The minimum atomic E-state index is 1.20. The highest BCUT2D eigenvalue weighted by atomic mass is 32.1. The van der Waals surface area contributed by atoms with Crippen LogP contribution in [0.2, 0.25) is 0 Å². The third kappa shape index (κ3) is 5.42. The summed E-state index contributed by atoms with van der Waals surface area (Å²) in [5.74, 6) is 0. The lowest BCUT2D eigenvalue weighted by Crippen LogP contribution is -1.80. The van der Waals surface area contributed by atoms with E-state index in [0.29, 0.717) is 0 Å². The molecule has 0 N–H and O–H groups in total. The predicted molar refractivity (Wildman–Crippen MR) is 194 cm³/mol. The Morgan fingerprint density at radius 1 is 0.295 bits per heavy atom. The summed E-state index contributed by atoms with van der Waals surface area (Å²) in [5.41, 5.74) is 7.48. The summed E-state index contributed by atoms with van der Waals surface area (Å²) in [5, 5.41) is 5.03. The molecule has 2 aromatic heterocycles. The maximum absolute atomic E-state index is 2.31. The molecule has 0 bridgehead atoms. The summed E-state index contributed by atoms with van der Waals surface area (Å²) in [6.45, 7) is 0. The zero-order chi connectivity index (χ0) is 29.3. The normalized spacial score (nSPS) is 11.5. The molecule has 0 aliphatic rings. The zero-order valence-corrected chi connectivity index (χ0v) is 25.6. The van der Waals surface area contributed by atoms with E-state index in [1.807, 2.05) is 22.7 Å². The molecule has 0 fully saturated rings. The predicted octanol–water partition coefficient (Wildman–Crippen LogP) is 13.0. The first-order chi connectivity index (χ1) is 21.7. The zero-order valence-electron chi connectivity index (χ0n) is 24.0. The second-order valence-corrected chi connectivity index (χ2v) is 13.2. The summed E-state index contributed by atoms with van der Waals surface area (Å²) < 4.78 is 0. The molecule has 0 unspecified atom stereocenters. The van der Waals surface area contributed by atoms with Gasteiger partial charge in [-0.15, -0.1) is 22.7 Å². The van der Waals surface area contributed by atoms with E-state index >= 15 is 0 Å². The highest BCUT2D eigenvalue weighted by Crippen LogP contribution is 2.37. The molecular weight excluding hydrogens is 569 g/mol. The molecule has 0 spiro atoms. The van der Waals surface area contributed by atoms with Crippen LogP contribution in [0.1, 0.15) is 11.1 Å². The van der Waals surface area contributed by atoms with Gasteiger partial charge in [0.05, 0.1) is 0 Å². The van der Waals surface area contributed by atoms with Crippen LogP contribution in [0, 0.1) is 0 Å². The quantitative estimate of drug-likeness (QED) is 0.168. The molecule has 0 amide bonds. The van der Waals surface area contributed by atoms with Gasteiger partial charge >= 0.3 is 0 Å². The van der Waals surface area contributed by atoms with Crippen molar-refractivity contribution >= 4 is 56.4 Å². The lowest BCUT2D eigenvalue weighted by molar-refractivity contribution is 1.68. The van der Waals surface area contributed by atoms with Gasteiger partial charge in [-0.2, -0.15) is 0 Å². The number of rotatable bonds is 6. The highest BCUT2D eigenvalue weighted by Gasteiger charge is 2.08. The molecule has 208 valence electrons. The van der Waals surface area contributed by atoms with E-state index in [1.165, 1.54) is 74.4 Å². The van der Waals surface area contributed by atoms with Gasteiger partial charge in [0.15, 0.2) is 0 Å². The van der Waals surface area contributed by atoms with Crippen LogP contribution >= 0.6 is 22.7 Å². The second kappa shape index (κ2) is 11.6. The van der Waals surface area contributed by atoms with E-state index in [-0.39, 0.29) is 0 Å². The van der Waals surface area contributed by atoms with Crippen LogP contribution in [-0.4, -0.2) is 0 Å². The largest absolute Gasteiger partial charge is 0.135 e. The number of hydrogen-bond acceptors (Lipinski definition) is 2. The second-order valence-electron chi connectivity index (χ2n) is 11.0. The van der Waals surface area contributed by atoms with E-state index in [2.05, 4.69) is 170 Å². The van der Waals surface area contributed by atoms with Crippen LogP contribution in [0.5, 0.6) is 0 Å². The summed E-state index contributed by atoms with van der Waals surface area (Å²) in [6, 6.07) is 57.2. The van der Waals surface area contributed by atoms with Gasteiger partial charge in [0.1, 0.15) is 0 Å². The summed E-state index contributed by atoms with van der Waals surface area (Å²) in [7, 11) is 0. The van der Waals surface area contributed by atoms with E-state index in [1.54, 1.807) is 0 Å². The van der Waals surface area contributed by atoms with Crippen molar-refractivity contribution in [2.75, 3.05) is 0 Å². The maximum Gasteiger partial charge on any atom is 0.0349 e. The molecule has 0 nitrogen and oxygen atoms in total. The summed E-state index contributed by atoms with van der Waals surface area (Å²) in [6.07, 6.45) is 4.43. The average Bonchev–Trinajstić information content (AvgIpc) is 3.79. The van der Waals surface area contributed by atoms with Crippen LogP contribution < -0.4 is 0 Å². The van der Waals surface area contributed by atoms with Crippen molar-refractivity contribution in [1.82, 2.24) is 0 Å². The topological polar surface area (TPSA) is 0 Å². The van der Waals surface area contributed by atoms with Gasteiger partial charge in [-0.3, -0.25) is 0 Å². The Bertz CT molecular complexity index is 2100. The van der Waals surface area contributed by atoms with Gasteiger partial charge in [0, 0.05) is 19.5 Å². The van der Waals surface area contributed by atoms with Crippen molar-refractivity contribution in [3.8, 4) is 41.8 Å². The highest BCUT2D eigenvalue weighted by molar-refractivity contribution is 7.19. The summed E-state index contributed by atoms with van der Waals surface area (Å²) in [4.78, 5) is 5.20. The Labute approximate surface area is 265 Å². The molecule has 0 aliphatic heterocycles. The molecule has 6 aromatic carbocycles. The molecule has 0 radical (unpaired) electrons. The van der Waals surface area contributed by atoms with Gasteiger partial charge in [-0.25, -0.2) is 0 Å². The standard InChI is InChI=1S/C42H28S2/c1-3-7-31(8-4-1)39-21-23-41(43-39)37-19-17-33-25-29(13-15-35(33)27-37)11-12-30-14-16-36-28-38(20-18-34(36)26-30)42-24-22-40(44-42)32-9-5-2-6-10-32/h1-28H/b12-11+. The molecule has 0 atom stereocenters. The molecule has 8 aromatic rings. The van der Waals surface area contributed by atoms with E-state index in [4.69, 9.17) is 0 Å². The monoisotopic (exact) mass is 596 g/mol. The minimum absolute atomic E-state index is 1.20. The molecule has 2 heterocycles. The van der Waals surface area contributed by atoms with Gasteiger partial charge in [0.2, 0.25) is 0 Å². The fourth-order valence-corrected chi connectivity index (χ4v) is 7.75. The van der Waals surface area contributed by atoms with Crippen molar-refractivity contribution in [2.24, 2.45) is 0 Å². The van der Waals surface area contributed by atoms with Crippen LogP contribution in [0.3, 0.4) is 0 Å². The van der Waals surface area contributed by atoms with E-state index in [0.717, 1.165) is 0 Å². The Balaban J connectivity index is 0.998. The minimum Gasteiger partial charge on any atom is -0.135 e. The van der Waals surface area contributed by atoms with E-state index in [9.17, 15) is 0 Å². The fourth-order valence-electron chi connectivity index (χ4n) is 5.74. The number of thiophene rings is 2. The number of benzene rings is 6. The van der Waals surface area contributed by atoms with Gasteiger partial charge in [-0.05, 0) is 103 Å². The number of hydrogen-bond donors (Lipinski definition) is 0. The van der Waals surface area contributed by atoms with Crippen molar-refractivity contribution in [3.05, 3.63) is 169 Å². The SMILES string of the molecule is C(=C\c1ccc2cc(-c3ccc(-c4ccccc4)s3)ccc2c1)/c1ccc2cc(-c3ccc(-c4ccccc4)s3)ccc2c1. The van der Waals surface area contributed by atoms with Crippen molar-refractivity contribution in [2.45, 2.75) is 0 Å². The Kier molecular flexibility index (Phi) is 7.00. The molecule has 0 saturated heterocycles. The first-order valence-electron chi connectivity index (χ1n) is 14.8. The average molecular weight is 597 g/mol. The Morgan fingerprint density at radius 2 is 0.659 bits per heavy atom. The molecular formula is C42H28S2. The molecule has 2 heteroatoms. The summed E-state index contributed by atoms with van der Waals surface area (Å²) >= 11 is 3.69. The maximum atomic E-state index is 2.31. The lowest BCUT2D eigenvalue weighted by Gasteiger charge is -2.05. The fraction of sp³-hybridized carbons (Fsp3) is 0. The molecule has 44 heavy (non-hydrogen) atoms. The third-order valence-corrected chi connectivity index (χ3v) is 10.5. The lowest BCUT2D eigenvalue weighted by atomic mass is 10.0. The van der Waals surface area contributed by atoms with Gasteiger partial charge in [-0.1, -0.05) is 121 Å². The van der Waals surface area contributed by atoms with Crippen LogP contribution in [0.4, 0.5) is 0 Å². The molecule has 0 aliphatic carbocycles. The van der Waals surface area contributed by atoms with Gasteiger partial charge in [0.25, 0.3) is 0 Å². The first-order valence-corrected chi connectivity index (χ1v) is 16.5. The van der Waals surface area contributed by atoms with E-state index < -0.39 is 0 Å². The number of fused-ring (bicyclic) bond motifs is 2. The molecule has 0 saturated carbocycles. The van der Waals surface area contributed by atoms with Crippen molar-refractivity contribution in [3.63, 3.8) is 0 Å². The van der Waals surface area contributed by atoms with Gasteiger partial charge < -0.3 is 0 Å². The molecule has 8 rings (SSSR count). The Hall–Kier alpha value is -5.02. The Morgan fingerprint density at radius 3 is 1.09 bits per heavy atom. The smallest absolute Gasteiger partial charge is 0.0349 e. The van der Waals surface area contributed by atoms with Crippen molar-refractivity contribution < 1.29 is 0 Å². The van der Waals surface area contributed by atoms with Crippen LogP contribution in [0.15, 0.2) is 158 Å².